The molecule has 0 saturated carbocycles. The largest absolute Gasteiger partial charge is 0.469 e. The fraction of sp³-hybridized carbons (Fsp3) is 0.111. The highest BCUT2D eigenvalue weighted by atomic mass is 16.4. The van der Waals surface area contributed by atoms with Gasteiger partial charge in [-0.05, 0) is 48.5 Å². The van der Waals surface area contributed by atoms with Crippen molar-refractivity contribution in [1.29, 1.82) is 0 Å². The van der Waals surface area contributed by atoms with Crippen LogP contribution in [0.1, 0.15) is 34.9 Å². The Morgan fingerprint density at radius 3 is 0.909 bits per heavy atom. The minimum absolute atomic E-state index is 0.165. The molecule has 0 aliphatic rings. The summed E-state index contributed by atoms with van der Waals surface area (Å²) in [5, 5.41) is 0. The lowest BCUT2D eigenvalue weighted by Crippen LogP contribution is -2.12. The van der Waals surface area contributed by atoms with E-state index in [1.807, 2.05) is 48.5 Å². The Labute approximate surface area is 127 Å². The van der Waals surface area contributed by atoms with E-state index in [1.165, 1.54) is 0 Å². The van der Waals surface area contributed by atoms with Crippen molar-refractivity contribution in [3.05, 3.63) is 96.6 Å². The second-order valence-corrected chi connectivity index (χ2v) is 5.02. The molecule has 4 nitrogen and oxygen atoms in total. The highest BCUT2D eigenvalue weighted by Crippen LogP contribution is 2.43. The maximum Gasteiger partial charge on any atom is 0.115 e. The second-order valence-electron chi connectivity index (χ2n) is 5.02. The lowest BCUT2D eigenvalue weighted by atomic mass is 9.84. The average Bonchev–Trinajstić information content (AvgIpc) is 3.35. The van der Waals surface area contributed by atoms with E-state index in [4.69, 9.17) is 17.7 Å². The summed E-state index contributed by atoms with van der Waals surface area (Å²) in [6.07, 6.45) is 6.64. The van der Waals surface area contributed by atoms with Gasteiger partial charge in [0.2, 0.25) is 0 Å². The van der Waals surface area contributed by atoms with Crippen molar-refractivity contribution < 1.29 is 17.7 Å². The second kappa shape index (κ2) is 5.48. The predicted molar refractivity (Wildman–Crippen MR) is 78.5 cm³/mol. The van der Waals surface area contributed by atoms with E-state index in [1.54, 1.807) is 25.1 Å². The first-order valence-corrected chi connectivity index (χ1v) is 7.07. The maximum atomic E-state index is 5.65. The van der Waals surface area contributed by atoms with Gasteiger partial charge in [0.25, 0.3) is 0 Å². The number of hydrogen-bond donors (Lipinski definition) is 0. The molecule has 4 rings (SSSR count). The molecule has 0 aliphatic carbocycles. The molecular formula is C18H14O4. The minimum atomic E-state index is -0.165. The zero-order valence-electron chi connectivity index (χ0n) is 11.7. The third-order valence-corrected chi connectivity index (χ3v) is 3.73. The molecule has 0 spiro atoms. The van der Waals surface area contributed by atoms with Crippen LogP contribution in [-0.4, -0.2) is 0 Å². The van der Waals surface area contributed by atoms with E-state index < -0.39 is 0 Å². The van der Waals surface area contributed by atoms with Gasteiger partial charge in [0.15, 0.2) is 0 Å². The van der Waals surface area contributed by atoms with Crippen LogP contribution in [0.2, 0.25) is 0 Å². The van der Waals surface area contributed by atoms with Crippen LogP contribution in [-0.2, 0) is 0 Å². The van der Waals surface area contributed by atoms with Crippen molar-refractivity contribution in [1.82, 2.24) is 0 Å². The van der Waals surface area contributed by atoms with Gasteiger partial charge in [-0.3, -0.25) is 0 Å². The fourth-order valence-electron chi connectivity index (χ4n) is 2.81. The Kier molecular flexibility index (Phi) is 3.20. The van der Waals surface area contributed by atoms with Gasteiger partial charge in [0.05, 0.1) is 36.9 Å². The molecule has 0 unspecified atom stereocenters. The van der Waals surface area contributed by atoms with Crippen molar-refractivity contribution in [3.63, 3.8) is 0 Å². The van der Waals surface area contributed by atoms with Gasteiger partial charge in [0.1, 0.15) is 23.0 Å². The Morgan fingerprint density at radius 2 is 0.727 bits per heavy atom. The molecule has 0 aromatic carbocycles. The Balaban J connectivity index is 1.88. The summed E-state index contributed by atoms with van der Waals surface area (Å²) in [5.74, 6) is 2.87. The third kappa shape index (κ3) is 2.19. The molecule has 22 heavy (non-hydrogen) atoms. The molecule has 0 fully saturated rings. The van der Waals surface area contributed by atoms with Crippen molar-refractivity contribution in [2.75, 3.05) is 0 Å². The summed E-state index contributed by atoms with van der Waals surface area (Å²) in [7, 11) is 0. The monoisotopic (exact) mass is 294 g/mol. The van der Waals surface area contributed by atoms with Gasteiger partial charge < -0.3 is 17.7 Å². The van der Waals surface area contributed by atoms with Crippen LogP contribution < -0.4 is 0 Å². The lowest BCUT2D eigenvalue weighted by molar-refractivity contribution is 0.350. The van der Waals surface area contributed by atoms with Crippen LogP contribution in [0, 0.1) is 0 Å². The molecule has 0 radical (unpaired) electrons. The van der Waals surface area contributed by atoms with Crippen LogP contribution in [0.25, 0.3) is 0 Å². The first kappa shape index (κ1) is 12.8. The molecule has 0 bridgehead atoms. The van der Waals surface area contributed by atoms with Crippen LogP contribution in [0.15, 0.2) is 91.3 Å². The lowest BCUT2D eigenvalue weighted by Gasteiger charge is -2.20. The molecule has 4 heterocycles. The summed E-state index contributed by atoms with van der Waals surface area (Å²) in [6, 6.07) is 15.2. The molecule has 0 amide bonds. The molecule has 4 aromatic heterocycles. The SMILES string of the molecule is c1coc(C(c2ccco2)C(c2ccco2)c2ccco2)c1. The Hall–Kier alpha value is -2.88. The molecular weight excluding hydrogens is 280 g/mol. The summed E-state index contributed by atoms with van der Waals surface area (Å²) in [6.45, 7) is 0. The average molecular weight is 294 g/mol. The summed E-state index contributed by atoms with van der Waals surface area (Å²) >= 11 is 0. The van der Waals surface area contributed by atoms with E-state index >= 15 is 0 Å². The van der Waals surface area contributed by atoms with E-state index in [9.17, 15) is 0 Å². The molecule has 4 heteroatoms. The number of rotatable bonds is 5. The number of furan rings is 4. The first-order valence-electron chi connectivity index (χ1n) is 7.07. The smallest absolute Gasteiger partial charge is 0.115 e. The van der Waals surface area contributed by atoms with Crippen LogP contribution in [0.3, 0.4) is 0 Å². The highest BCUT2D eigenvalue weighted by molar-refractivity contribution is 5.32. The third-order valence-electron chi connectivity index (χ3n) is 3.73. The summed E-state index contributed by atoms with van der Waals surface area (Å²) < 4.78 is 22.6. The minimum Gasteiger partial charge on any atom is -0.469 e. The summed E-state index contributed by atoms with van der Waals surface area (Å²) in [5.41, 5.74) is 0. The van der Waals surface area contributed by atoms with Gasteiger partial charge in [0, 0.05) is 0 Å². The maximum absolute atomic E-state index is 5.65. The molecule has 0 atom stereocenters. The Morgan fingerprint density at radius 1 is 0.455 bits per heavy atom. The molecule has 4 aromatic rings. The van der Waals surface area contributed by atoms with E-state index in [0.717, 1.165) is 23.0 Å². The highest BCUT2D eigenvalue weighted by Gasteiger charge is 2.35. The van der Waals surface area contributed by atoms with Crippen molar-refractivity contribution in [2.45, 2.75) is 11.8 Å². The molecule has 110 valence electrons. The van der Waals surface area contributed by atoms with Crippen molar-refractivity contribution in [2.24, 2.45) is 0 Å². The van der Waals surface area contributed by atoms with E-state index in [2.05, 4.69) is 0 Å². The zero-order chi connectivity index (χ0) is 14.8. The van der Waals surface area contributed by atoms with Crippen LogP contribution in [0.4, 0.5) is 0 Å². The standard InChI is InChI=1S/C18H14O4/c1-5-13(19-9-1)17(14-6-2-10-20-14)18(15-7-3-11-21-15)16-8-4-12-22-16/h1-12,17-18H. The zero-order valence-corrected chi connectivity index (χ0v) is 11.7. The molecule has 0 saturated heterocycles. The quantitative estimate of drug-likeness (QED) is 0.518. The normalized spacial score (nSPS) is 11.5. The molecule has 0 N–H and O–H groups in total. The van der Waals surface area contributed by atoms with Gasteiger partial charge in [-0.2, -0.15) is 0 Å². The van der Waals surface area contributed by atoms with Crippen molar-refractivity contribution in [3.8, 4) is 0 Å². The van der Waals surface area contributed by atoms with Gasteiger partial charge in [-0.25, -0.2) is 0 Å². The molecule has 0 aliphatic heterocycles. The van der Waals surface area contributed by atoms with E-state index in [0.29, 0.717) is 0 Å². The number of hydrogen-bond acceptors (Lipinski definition) is 4. The van der Waals surface area contributed by atoms with Crippen molar-refractivity contribution >= 4 is 0 Å². The van der Waals surface area contributed by atoms with Crippen LogP contribution in [0.5, 0.6) is 0 Å². The van der Waals surface area contributed by atoms with Gasteiger partial charge in [-0.15, -0.1) is 0 Å². The van der Waals surface area contributed by atoms with Crippen LogP contribution >= 0.6 is 0 Å². The Bertz CT molecular complexity index is 639. The predicted octanol–water partition coefficient (Wildman–Crippen LogP) is 5.02. The van der Waals surface area contributed by atoms with E-state index in [-0.39, 0.29) is 11.8 Å². The first-order chi connectivity index (χ1) is 10.9. The van der Waals surface area contributed by atoms with Gasteiger partial charge in [-0.1, -0.05) is 0 Å². The fourth-order valence-corrected chi connectivity index (χ4v) is 2.81. The summed E-state index contributed by atoms with van der Waals surface area (Å²) in [4.78, 5) is 0. The van der Waals surface area contributed by atoms with Gasteiger partial charge >= 0.3 is 0 Å². The topological polar surface area (TPSA) is 52.6 Å².